The average molecular weight is 490 g/mol. The third kappa shape index (κ3) is 4.10. The van der Waals surface area contributed by atoms with Crippen LogP contribution in [0.1, 0.15) is 26.3 Å². The molecule has 1 fully saturated rings. The highest BCUT2D eigenvalue weighted by molar-refractivity contribution is 7.89. The molecular weight excluding hydrogens is 454 g/mol. The SMILES string of the molecule is C=C[C@H]1CN(S(=O)(=O)c2ccc(C)cc2)C[C@@H]1[Si](c1ccccc1)(c1ccccc1)C(C)(C)C. The van der Waals surface area contributed by atoms with E-state index in [1.54, 1.807) is 16.4 Å². The van der Waals surface area contributed by atoms with Gasteiger partial charge in [-0.15, -0.1) is 6.58 Å². The van der Waals surface area contributed by atoms with Gasteiger partial charge in [0.25, 0.3) is 0 Å². The third-order valence-electron chi connectivity index (χ3n) is 7.49. The minimum absolute atomic E-state index is 0.0503. The summed E-state index contributed by atoms with van der Waals surface area (Å²) in [6.07, 6.45) is 1.99. The van der Waals surface area contributed by atoms with Crippen LogP contribution >= 0.6 is 0 Å². The Morgan fingerprint density at radius 1 is 0.853 bits per heavy atom. The van der Waals surface area contributed by atoms with E-state index in [4.69, 9.17) is 0 Å². The van der Waals surface area contributed by atoms with E-state index < -0.39 is 18.1 Å². The Labute approximate surface area is 206 Å². The summed E-state index contributed by atoms with van der Waals surface area (Å²) in [5.74, 6) is 0.0755. The van der Waals surface area contributed by atoms with Crippen molar-refractivity contribution in [3.63, 3.8) is 0 Å². The highest BCUT2D eigenvalue weighted by Gasteiger charge is 2.58. The smallest absolute Gasteiger partial charge is 0.207 e. The monoisotopic (exact) mass is 489 g/mol. The fraction of sp³-hybridized carbons (Fsp3) is 0.310. The molecule has 0 bridgehead atoms. The van der Waals surface area contributed by atoms with Gasteiger partial charge < -0.3 is 0 Å². The van der Waals surface area contributed by atoms with Crippen molar-refractivity contribution in [3.05, 3.63) is 103 Å². The van der Waals surface area contributed by atoms with Crippen molar-refractivity contribution < 1.29 is 8.42 Å². The fourth-order valence-corrected chi connectivity index (χ4v) is 14.4. The van der Waals surface area contributed by atoms with E-state index in [-0.39, 0.29) is 16.5 Å². The molecule has 0 N–H and O–H groups in total. The molecule has 0 spiro atoms. The van der Waals surface area contributed by atoms with Crippen molar-refractivity contribution in [2.75, 3.05) is 13.1 Å². The Kier molecular flexibility index (Phi) is 6.73. The first-order valence-corrected chi connectivity index (χ1v) is 15.4. The first-order valence-electron chi connectivity index (χ1n) is 11.9. The summed E-state index contributed by atoms with van der Waals surface area (Å²) in [5, 5.41) is 2.64. The van der Waals surface area contributed by atoms with Crippen LogP contribution in [0.15, 0.2) is 102 Å². The first kappa shape index (κ1) is 24.6. The van der Waals surface area contributed by atoms with Crippen LogP contribution in [0, 0.1) is 12.8 Å². The molecule has 1 heterocycles. The molecule has 0 amide bonds. The van der Waals surface area contributed by atoms with Crippen LogP contribution in [-0.2, 0) is 10.0 Å². The molecule has 1 aliphatic rings. The molecule has 3 nitrogen and oxygen atoms in total. The zero-order valence-corrected chi connectivity index (χ0v) is 22.4. The standard InChI is InChI=1S/C29H35NO2SSi/c1-6-24-21-30(33(31,32)25-19-17-23(2)18-20-25)22-28(24)34(29(3,4)5,26-13-9-7-10-14-26)27-15-11-8-12-16-27/h6-20,24,28H,1,21-22H2,2-5H3/t24-,28-/m0/s1. The topological polar surface area (TPSA) is 37.4 Å². The normalized spacial score (nSPS) is 19.8. The molecule has 0 unspecified atom stereocenters. The number of aryl methyl sites for hydroxylation is 1. The largest absolute Gasteiger partial charge is 0.243 e. The maximum absolute atomic E-state index is 13.7. The summed E-state index contributed by atoms with van der Waals surface area (Å²) in [4.78, 5) is 0.365. The van der Waals surface area contributed by atoms with E-state index >= 15 is 0 Å². The van der Waals surface area contributed by atoms with Gasteiger partial charge in [-0.25, -0.2) is 8.42 Å². The van der Waals surface area contributed by atoms with Crippen molar-refractivity contribution in [2.45, 2.75) is 43.2 Å². The van der Waals surface area contributed by atoms with Crippen molar-refractivity contribution in [1.29, 1.82) is 0 Å². The zero-order valence-electron chi connectivity index (χ0n) is 20.6. The van der Waals surface area contributed by atoms with E-state index in [1.807, 2.05) is 25.1 Å². The molecule has 1 aliphatic heterocycles. The highest BCUT2D eigenvalue weighted by atomic mass is 32.2. The fourth-order valence-electron chi connectivity index (χ4n) is 5.96. The van der Waals surface area contributed by atoms with Crippen LogP contribution in [0.25, 0.3) is 0 Å². The predicted octanol–water partition coefficient (Wildman–Crippen LogP) is 5.24. The Balaban J connectivity index is 1.90. The molecule has 0 radical (unpaired) electrons. The van der Waals surface area contributed by atoms with Crippen molar-refractivity contribution >= 4 is 28.5 Å². The maximum atomic E-state index is 13.7. The lowest BCUT2D eigenvalue weighted by atomic mass is 10.1. The second-order valence-electron chi connectivity index (χ2n) is 10.4. The first-order chi connectivity index (χ1) is 16.1. The molecule has 4 rings (SSSR count). The lowest BCUT2D eigenvalue weighted by Crippen LogP contribution is -2.68. The van der Waals surface area contributed by atoms with Gasteiger partial charge in [0.15, 0.2) is 0 Å². The molecule has 34 heavy (non-hydrogen) atoms. The lowest BCUT2D eigenvalue weighted by Gasteiger charge is -2.49. The molecule has 2 atom stereocenters. The summed E-state index contributed by atoms with van der Waals surface area (Å²) in [6.45, 7) is 14.1. The Morgan fingerprint density at radius 3 is 1.79 bits per heavy atom. The van der Waals surface area contributed by atoms with E-state index in [9.17, 15) is 8.42 Å². The quantitative estimate of drug-likeness (QED) is 0.351. The van der Waals surface area contributed by atoms with Gasteiger partial charge in [0.05, 0.1) is 4.90 Å². The molecule has 3 aromatic carbocycles. The highest BCUT2D eigenvalue weighted by Crippen LogP contribution is 2.50. The summed E-state index contributed by atoms with van der Waals surface area (Å²) in [5.41, 5.74) is 1.21. The van der Waals surface area contributed by atoms with Crippen LogP contribution < -0.4 is 10.4 Å². The Morgan fingerprint density at radius 2 is 1.35 bits per heavy atom. The van der Waals surface area contributed by atoms with Gasteiger partial charge in [-0.3, -0.25) is 0 Å². The third-order valence-corrected chi connectivity index (χ3v) is 15.9. The Bertz CT molecular complexity index is 1190. The summed E-state index contributed by atoms with van der Waals surface area (Å²) in [6, 6.07) is 28.8. The number of benzene rings is 3. The molecule has 0 saturated carbocycles. The van der Waals surface area contributed by atoms with E-state index in [1.165, 1.54) is 10.4 Å². The van der Waals surface area contributed by atoms with Gasteiger partial charge in [0, 0.05) is 13.1 Å². The molecule has 178 valence electrons. The summed E-state index contributed by atoms with van der Waals surface area (Å²) >= 11 is 0. The van der Waals surface area contributed by atoms with Crippen LogP contribution in [0.3, 0.4) is 0 Å². The van der Waals surface area contributed by atoms with Crippen molar-refractivity contribution in [2.24, 2.45) is 5.92 Å². The van der Waals surface area contributed by atoms with Crippen LogP contribution in [0.2, 0.25) is 10.6 Å². The van der Waals surface area contributed by atoms with Gasteiger partial charge in [-0.2, -0.15) is 4.31 Å². The summed E-state index contributed by atoms with van der Waals surface area (Å²) < 4.78 is 29.1. The van der Waals surface area contributed by atoms with E-state index in [0.717, 1.165) is 5.56 Å². The van der Waals surface area contributed by atoms with Gasteiger partial charge >= 0.3 is 0 Å². The number of hydrogen-bond donors (Lipinski definition) is 0. The Hall–Kier alpha value is -2.47. The second-order valence-corrected chi connectivity index (χ2v) is 17.4. The minimum atomic E-state index is -3.59. The van der Waals surface area contributed by atoms with Crippen LogP contribution in [-0.4, -0.2) is 33.9 Å². The number of sulfonamides is 1. The van der Waals surface area contributed by atoms with E-state index in [2.05, 4.69) is 88.0 Å². The predicted molar refractivity (Wildman–Crippen MR) is 145 cm³/mol. The molecule has 0 aliphatic carbocycles. The minimum Gasteiger partial charge on any atom is -0.207 e. The molecule has 0 aromatic heterocycles. The number of hydrogen-bond acceptors (Lipinski definition) is 2. The molecule has 1 saturated heterocycles. The average Bonchev–Trinajstić information content (AvgIpc) is 3.26. The van der Waals surface area contributed by atoms with Crippen LogP contribution in [0.5, 0.6) is 0 Å². The van der Waals surface area contributed by atoms with Crippen molar-refractivity contribution in [1.82, 2.24) is 4.31 Å². The number of rotatable bonds is 6. The van der Waals surface area contributed by atoms with Crippen LogP contribution in [0.4, 0.5) is 0 Å². The van der Waals surface area contributed by atoms with Gasteiger partial charge in [-0.1, -0.05) is 116 Å². The van der Waals surface area contributed by atoms with Gasteiger partial charge in [0.2, 0.25) is 10.0 Å². The van der Waals surface area contributed by atoms with Crippen molar-refractivity contribution in [3.8, 4) is 0 Å². The number of nitrogens with zero attached hydrogens (tertiary/aromatic N) is 1. The summed E-state index contributed by atoms with van der Waals surface area (Å²) in [7, 11) is -6.10. The molecule has 3 aromatic rings. The van der Waals surface area contributed by atoms with Gasteiger partial charge in [-0.05, 0) is 35.6 Å². The van der Waals surface area contributed by atoms with Gasteiger partial charge in [0.1, 0.15) is 8.07 Å². The molecule has 5 heteroatoms. The second kappa shape index (κ2) is 9.29. The maximum Gasteiger partial charge on any atom is 0.243 e. The lowest BCUT2D eigenvalue weighted by molar-refractivity contribution is 0.470. The molecular formula is C29H35NO2SSi. The van der Waals surface area contributed by atoms with E-state index in [0.29, 0.717) is 18.0 Å². The zero-order chi connectivity index (χ0) is 24.6.